The molecule has 1 aromatic heterocycles. The number of aromatic nitrogens is 1. The number of carboxylic acids is 1. The Kier molecular flexibility index (Phi) is 10.7. The number of pyridine rings is 1. The zero-order valence-corrected chi connectivity index (χ0v) is 25.6. The van der Waals surface area contributed by atoms with E-state index < -0.39 is 34.9 Å². The Hall–Kier alpha value is -2.90. The molecule has 2 aliphatic heterocycles. The van der Waals surface area contributed by atoms with Crippen LogP contribution in [0, 0.1) is 22.9 Å². The average molecular weight is 634 g/mol. The Morgan fingerprint density at radius 3 is 2.45 bits per heavy atom. The lowest BCUT2D eigenvalue weighted by Gasteiger charge is -2.39. The van der Waals surface area contributed by atoms with Gasteiger partial charge in [-0.1, -0.05) is 0 Å². The monoisotopic (exact) mass is 633 g/mol. The van der Waals surface area contributed by atoms with E-state index in [1.807, 2.05) is 18.2 Å². The first-order chi connectivity index (χ1) is 21.2. The van der Waals surface area contributed by atoms with Crippen LogP contribution in [-0.2, 0) is 16.1 Å². The number of aliphatic hydroxyl groups excluding tert-OH is 1. The SMILES string of the molecule is COc1ccc2ncc(CN3CCOCC3)c(C(O)CCC3(C(=O)O)CCN(CCSc4c(F)cc(F)cc4F)CC3)c2c1. The van der Waals surface area contributed by atoms with E-state index in [9.17, 15) is 28.2 Å². The lowest BCUT2D eigenvalue weighted by atomic mass is 9.74. The summed E-state index contributed by atoms with van der Waals surface area (Å²) in [7, 11) is 1.59. The molecule has 1 unspecified atom stereocenters. The van der Waals surface area contributed by atoms with Crippen LogP contribution in [0.25, 0.3) is 10.9 Å². The summed E-state index contributed by atoms with van der Waals surface area (Å²) in [6.07, 6.45) is 2.24. The highest BCUT2D eigenvalue weighted by Crippen LogP contribution is 2.41. The van der Waals surface area contributed by atoms with Gasteiger partial charge in [-0.2, -0.15) is 0 Å². The number of nitrogens with zero attached hydrogens (tertiary/aromatic N) is 3. The summed E-state index contributed by atoms with van der Waals surface area (Å²) in [6.45, 7) is 4.96. The molecule has 3 heterocycles. The Labute approximate surface area is 259 Å². The Balaban J connectivity index is 1.25. The van der Waals surface area contributed by atoms with Crippen molar-refractivity contribution < 1.29 is 37.7 Å². The van der Waals surface area contributed by atoms with Crippen molar-refractivity contribution in [3.8, 4) is 5.75 Å². The lowest BCUT2D eigenvalue weighted by molar-refractivity contribution is -0.153. The number of halogens is 3. The van der Waals surface area contributed by atoms with E-state index in [4.69, 9.17) is 9.47 Å². The van der Waals surface area contributed by atoms with Crippen molar-refractivity contribution in [2.75, 3.05) is 58.8 Å². The number of rotatable bonds is 12. The summed E-state index contributed by atoms with van der Waals surface area (Å²) >= 11 is 0.979. The standard InChI is InChI=1S/C32H38F3N3O5S/c1-42-23-2-3-27-24(18-23)29(21(19-36-27)20-38-10-13-43-14-11-38)28(39)4-5-32(31(40)41)6-8-37(9-7-32)12-15-44-30-25(34)16-22(33)17-26(30)35/h2-3,16-19,28,39H,4-15,20H2,1H3,(H,40,41). The molecule has 0 spiro atoms. The summed E-state index contributed by atoms with van der Waals surface area (Å²) in [5.74, 6) is -2.67. The highest BCUT2D eigenvalue weighted by molar-refractivity contribution is 7.99. The third-order valence-electron chi connectivity index (χ3n) is 8.81. The van der Waals surface area contributed by atoms with Gasteiger partial charge in [0.15, 0.2) is 0 Å². The van der Waals surface area contributed by atoms with Crippen molar-refractivity contribution in [2.24, 2.45) is 5.41 Å². The van der Waals surface area contributed by atoms with Crippen LogP contribution in [0.5, 0.6) is 5.75 Å². The molecule has 0 saturated carbocycles. The number of hydrogen-bond acceptors (Lipinski definition) is 8. The van der Waals surface area contributed by atoms with Gasteiger partial charge < -0.3 is 24.6 Å². The molecule has 12 heteroatoms. The van der Waals surface area contributed by atoms with Gasteiger partial charge in [0.05, 0.1) is 42.3 Å². The first kappa shape index (κ1) is 32.5. The van der Waals surface area contributed by atoms with Gasteiger partial charge >= 0.3 is 5.97 Å². The van der Waals surface area contributed by atoms with Crippen molar-refractivity contribution in [1.82, 2.24) is 14.8 Å². The number of aliphatic carboxylic acids is 1. The first-order valence-corrected chi connectivity index (χ1v) is 15.8. The molecule has 5 rings (SSSR count). The van der Waals surface area contributed by atoms with E-state index in [1.165, 1.54) is 0 Å². The normalized spacial score (nSPS) is 18.4. The topological polar surface area (TPSA) is 95.4 Å². The van der Waals surface area contributed by atoms with Gasteiger partial charge in [0.25, 0.3) is 0 Å². The number of hydrogen-bond donors (Lipinski definition) is 2. The van der Waals surface area contributed by atoms with E-state index >= 15 is 0 Å². The number of morpholine rings is 1. The number of carbonyl (C=O) groups is 1. The maximum Gasteiger partial charge on any atom is 0.309 e. The molecule has 2 fully saturated rings. The average Bonchev–Trinajstić information content (AvgIpc) is 3.01. The fourth-order valence-corrected chi connectivity index (χ4v) is 7.10. The first-order valence-electron chi connectivity index (χ1n) is 14.9. The summed E-state index contributed by atoms with van der Waals surface area (Å²) in [6, 6.07) is 6.88. The van der Waals surface area contributed by atoms with Crippen molar-refractivity contribution >= 4 is 28.6 Å². The molecule has 2 aliphatic rings. The summed E-state index contributed by atoms with van der Waals surface area (Å²) < 4.78 is 52.1. The molecule has 238 valence electrons. The zero-order valence-electron chi connectivity index (χ0n) is 24.7. The fourth-order valence-electron chi connectivity index (χ4n) is 6.16. The number of carboxylic acid groups (broad SMARTS) is 1. The third kappa shape index (κ3) is 7.48. The van der Waals surface area contributed by atoms with Crippen LogP contribution in [0.2, 0.25) is 0 Å². The van der Waals surface area contributed by atoms with Crippen LogP contribution in [0.4, 0.5) is 13.2 Å². The van der Waals surface area contributed by atoms with Gasteiger partial charge in [-0.05, 0) is 68.1 Å². The highest BCUT2D eigenvalue weighted by Gasteiger charge is 2.41. The van der Waals surface area contributed by atoms with E-state index in [2.05, 4.69) is 14.8 Å². The number of piperidine rings is 1. The number of methoxy groups -OCH3 is 1. The molecule has 0 aliphatic carbocycles. The number of thioether (sulfide) groups is 1. The molecule has 0 amide bonds. The van der Waals surface area contributed by atoms with Crippen LogP contribution >= 0.6 is 11.8 Å². The van der Waals surface area contributed by atoms with Crippen LogP contribution < -0.4 is 4.74 Å². The summed E-state index contributed by atoms with van der Waals surface area (Å²) in [5.41, 5.74) is 1.37. The second-order valence-corrected chi connectivity index (χ2v) is 12.6. The minimum atomic E-state index is -0.995. The van der Waals surface area contributed by atoms with E-state index in [0.717, 1.165) is 46.9 Å². The van der Waals surface area contributed by atoms with Gasteiger partial charge in [-0.3, -0.25) is 14.7 Å². The smallest absolute Gasteiger partial charge is 0.309 e. The summed E-state index contributed by atoms with van der Waals surface area (Å²) in [5, 5.41) is 22.8. The van der Waals surface area contributed by atoms with Crippen molar-refractivity contribution in [3.05, 3.63) is 65.1 Å². The largest absolute Gasteiger partial charge is 0.497 e. The number of benzene rings is 2. The maximum atomic E-state index is 14.0. The second-order valence-electron chi connectivity index (χ2n) is 11.5. The molecule has 2 saturated heterocycles. The summed E-state index contributed by atoms with van der Waals surface area (Å²) in [4.78, 5) is 21.4. The van der Waals surface area contributed by atoms with Gasteiger partial charge in [0.1, 0.15) is 23.2 Å². The van der Waals surface area contributed by atoms with Crippen LogP contribution in [0.1, 0.15) is 42.9 Å². The molecule has 0 radical (unpaired) electrons. The number of likely N-dealkylation sites (tertiary alicyclic amines) is 1. The Morgan fingerprint density at radius 2 is 1.80 bits per heavy atom. The molecule has 2 aromatic carbocycles. The quantitative estimate of drug-likeness (QED) is 0.259. The molecule has 3 aromatic rings. The van der Waals surface area contributed by atoms with Crippen molar-refractivity contribution in [2.45, 2.75) is 43.2 Å². The van der Waals surface area contributed by atoms with Crippen molar-refractivity contribution in [1.29, 1.82) is 0 Å². The molecule has 2 N–H and O–H groups in total. The third-order valence-corrected chi connectivity index (χ3v) is 9.88. The minimum Gasteiger partial charge on any atom is -0.497 e. The zero-order chi connectivity index (χ0) is 31.3. The number of ether oxygens (including phenoxy) is 2. The number of aliphatic hydroxyl groups is 1. The maximum absolute atomic E-state index is 14.0. The van der Waals surface area contributed by atoms with Gasteiger partial charge in [-0.15, -0.1) is 11.8 Å². The van der Waals surface area contributed by atoms with Gasteiger partial charge in [0.2, 0.25) is 0 Å². The molecule has 0 bridgehead atoms. The Bertz CT molecular complexity index is 1440. The van der Waals surface area contributed by atoms with E-state index in [1.54, 1.807) is 13.3 Å². The molecular formula is C32H38F3N3O5S. The second kappa shape index (κ2) is 14.5. The van der Waals surface area contributed by atoms with E-state index in [0.29, 0.717) is 82.3 Å². The highest BCUT2D eigenvalue weighted by atomic mass is 32.2. The molecule has 1 atom stereocenters. The lowest BCUT2D eigenvalue weighted by Crippen LogP contribution is -2.45. The van der Waals surface area contributed by atoms with Crippen LogP contribution in [0.3, 0.4) is 0 Å². The fraction of sp³-hybridized carbons (Fsp3) is 0.500. The molecule has 8 nitrogen and oxygen atoms in total. The van der Waals surface area contributed by atoms with E-state index in [-0.39, 0.29) is 11.3 Å². The van der Waals surface area contributed by atoms with Crippen LogP contribution in [-0.4, -0.2) is 89.8 Å². The molecule has 44 heavy (non-hydrogen) atoms. The predicted molar refractivity (Wildman–Crippen MR) is 161 cm³/mol. The van der Waals surface area contributed by atoms with Crippen LogP contribution in [0.15, 0.2) is 41.4 Å². The minimum absolute atomic E-state index is 0.216. The predicted octanol–water partition coefficient (Wildman–Crippen LogP) is 5.27. The Morgan fingerprint density at radius 1 is 1.09 bits per heavy atom. The molecular weight excluding hydrogens is 595 g/mol. The number of fused-ring (bicyclic) bond motifs is 1. The van der Waals surface area contributed by atoms with Crippen molar-refractivity contribution in [3.63, 3.8) is 0 Å². The van der Waals surface area contributed by atoms with Gasteiger partial charge in [0, 0.05) is 55.6 Å². The van der Waals surface area contributed by atoms with Gasteiger partial charge in [-0.25, -0.2) is 13.2 Å².